The van der Waals surface area contributed by atoms with Crippen LogP contribution in [0.5, 0.6) is 0 Å². The number of aromatic nitrogens is 2. The second-order valence-electron chi connectivity index (χ2n) is 4.02. The van der Waals surface area contributed by atoms with Crippen LogP contribution in [-0.2, 0) is 4.74 Å². The van der Waals surface area contributed by atoms with E-state index >= 15 is 0 Å². The maximum atomic E-state index is 11.6. The molecule has 0 saturated carbocycles. The topological polar surface area (TPSA) is 105 Å². The Labute approximate surface area is 99.7 Å². The monoisotopic (exact) mass is 244 g/mol. The van der Waals surface area contributed by atoms with Crippen molar-refractivity contribution in [1.82, 2.24) is 9.55 Å². The molecule has 1 fully saturated rings. The van der Waals surface area contributed by atoms with Crippen LogP contribution in [0.15, 0.2) is 23.3 Å². The van der Waals surface area contributed by atoms with Crippen LogP contribution in [0.25, 0.3) is 0 Å². The summed E-state index contributed by atoms with van der Waals surface area (Å²) in [6.45, 7) is -1.67. The average molecular weight is 244 g/mol. The van der Waals surface area contributed by atoms with Gasteiger partial charge in [0.15, 0.2) is 6.23 Å². The van der Waals surface area contributed by atoms with E-state index in [0.717, 1.165) is 4.57 Å². The molecule has 0 bridgehead atoms. The van der Waals surface area contributed by atoms with Crippen molar-refractivity contribution in [3.8, 4) is 0 Å². The molecule has 94 valence electrons. The standard InChI is InChI=1S/C10H14N2O5/c1-10(16)7(14)6(5-13)17-8(10)12-4-2-3-11-9(12)15/h2-4,6-8,13-14,16H,5H2,1H3/t6-,7-,8?,10-/m1/s1/i5D2. The molecular weight excluding hydrogens is 228 g/mol. The van der Waals surface area contributed by atoms with E-state index in [1.54, 1.807) is 0 Å². The highest BCUT2D eigenvalue weighted by atomic mass is 16.6. The van der Waals surface area contributed by atoms with Crippen molar-refractivity contribution in [1.29, 1.82) is 0 Å². The van der Waals surface area contributed by atoms with Crippen molar-refractivity contribution in [3.63, 3.8) is 0 Å². The molecule has 1 aliphatic heterocycles. The molecule has 2 heterocycles. The van der Waals surface area contributed by atoms with Gasteiger partial charge in [0.1, 0.15) is 17.8 Å². The van der Waals surface area contributed by atoms with Crippen molar-refractivity contribution in [2.24, 2.45) is 0 Å². The van der Waals surface area contributed by atoms with E-state index in [0.29, 0.717) is 0 Å². The van der Waals surface area contributed by atoms with Gasteiger partial charge in [-0.2, -0.15) is 0 Å². The summed E-state index contributed by atoms with van der Waals surface area (Å²) in [6, 6.07) is 1.42. The number of hydrogen-bond acceptors (Lipinski definition) is 6. The van der Waals surface area contributed by atoms with E-state index in [-0.39, 0.29) is 0 Å². The molecule has 0 spiro atoms. The maximum Gasteiger partial charge on any atom is 0.349 e. The summed E-state index contributed by atoms with van der Waals surface area (Å²) < 4.78 is 20.4. The number of ether oxygens (including phenoxy) is 1. The van der Waals surface area contributed by atoms with Gasteiger partial charge < -0.3 is 20.1 Å². The Balaban J connectivity index is 2.44. The first-order chi connectivity index (χ1) is 8.65. The molecule has 1 aliphatic rings. The fourth-order valence-electron chi connectivity index (χ4n) is 1.80. The van der Waals surface area contributed by atoms with Gasteiger partial charge in [-0.25, -0.2) is 9.78 Å². The fraction of sp³-hybridized carbons (Fsp3) is 0.600. The zero-order valence-electron chi connectivity index (χ0n) is 11.0. The molecule has 7 heteroatoms. The summed E-state index contributed by atoms with van der Waals surface area (Å²) in [4.78, 5) is 15.1. The number of aliphatic hydroxyl groups excluding tert-OH is 1. The van der Waals surface area contributed by atoms with Gasteiger partial charge in [-0.05, 0) is 13.0 Å². The summed E-state index contributed by atoms with van der Waals surface area (Å²) in [5, 5.41) is 29.3. The minimum Gasteiger partial charge on any atom is -0.394 e. The average Bonchev–Trinajstić information content (AvgIpc) is 2.52. The van der Waals surface area contributed by atoms with Gasteiger partial charge in [0, 0.05) is 12.4 Å². The van der Waals surface area contributed by atoms with E-state index in [1.807, 2.05) is 0 Å². The zero-order valence-corrected chi connectivity index (χ0v) is 9.02. The Kier molecular flexibility index (Phi) is 2.39. The highest BCUT2D eigenvalue weighted by molar-refractivity contribution is 5.00. The molecule has 1 saturated heterocycles. The molecular formula is C10H14N2O5. The van der Waals surface area contributed by atoms with Crippen molar-refractivity contribution in [2.45, 2.75) is 31.0 Å². The minimum absolute atomic E-state index is 0.723. The first-order valence-corrected chi connectivity index (χ1v) is 4.97. The van der Waals surface area contributed by atoms with E-state index in [9.17, 15) is 20.1 Å². The predicted molar refractivity (Wildman–Crippen MR) is 56.1 cm³/mol. The molecule has 4 atom stereocenters. The number of hydrogen-bond donors (Lipinski definition) is 3. The Hall–Kier alpha value is -1.28. The third-order valence-electron chi connectivity index (χ3n) is 2.78. The molecule has 0 aromatic carbocycles. The van der Waals surface area contributed by atoms with Crippen molar-refractivity contribution >= 4 is 0 Å². The van der Waals surface area contributed by atoms with Gasteiger partial charge in [0.2, 0.25) is 0 Å². The highest BCUT2D eigenvalue weighted by Gasteiger charge is 2.53. The van der Waals surface area contributed by atoms with Crippen LogP contribution in [0, 0.1) is 0 Å². The van der Waals surface area contributed by atoms with Crippen molar-refractivity contribution < 1.29 is 22.8 Å². The van der Waals surface area contributed by atoms with Crippen LogP contribution in [-0.4, -0.2) is 49.2 Å². The molecule has 1 unspecified atom stereocenters. The first-order valence-electron chi connectivity index (χ1n) is 5.97. The van der Waals surface area contributed by atoms with Gasteiger partial charge in [-0.3, -0.25) is 4.57 Å². The van der Waals surface area contributed by atoms with E-state index in [2.05, 4.69) is 4.98 Å². The second kappa shape index (κ2) is 4.19. The van der Waals surface area contributed by atoms with Crippen LogP contribution < -0.4 is 5.69 Å². The lowest BCUT2D eigenvalue weighted by molar-refractivity contribution is -0.0987. The quantitative estimate of drug-likeness (QED) is 0.569. The summed E-state index contributed by atoms with van der Waals surface area (Å²) in [5.41, 5.74) is -2.67. The number of rotatable bonds is 2. The summed E-state index contributed by atoms with van der Waals surface area (Å²) in [5.74, 6) is 0. The van der Waals surface area contributed by atoms with Gasteiger partial charge >= 0.3 is 5.69 Å². The molecule has 17 heavy (non-hydrogen) atoms. The summed E-state index contributed by atoms with van der Waals surface area (Å²) >= 11 is 0. The molecule has 0 aliphatic carbocycles. The zero-order chi connectivity index (χ0) is 14.4. The van der Waals surface area contributed by atoms with Gasteiger partial charge in [-0.15, -0.1) is 0 Å². The molecule has 7 nitrogen and oxygen atoms in total. The highest BCUT2D eigenvalue weighted by Crippen LogP contribution is 2.36. The third-order valence-corrected chi connectivity index (χ3v) is 2.78. The van der Waals surface area contributed by atoms with Crippen LogP contribution in [0.1, 0.15) is 15.9 Å². The lowest BCUT2D eigenvalue weighted by Gasteiger charge is -2.27. The smallest absolute Gasteiger partial charge is 0.349 e. The summed E-state index contributed by atoms with van der Waals surface area (Å²) in [6.07, 6.45) is -2.20. The third kappa shape index (κ3) is 1.87. The van der Waals surface area contributed by atoms with Crippen LogP contribution >= 0.6 is 0 Å². The first kappa shape index (κ1) is 9.72. The second-order valence-corrected chi connectivity index (χ2v) is 4.02. The lowest BCUT2D eigenvalue weighted by Crippen LogP contribution is -2.46. The molecule has 2 rings (SSSR count). The molecule has 1 aromatic rings. The maximum absolute atomic E-state index is 11.6. The van der Waals surface area contributed by atoms with Crippen LogP contribution in [0.2, 0.25) is 0 Å². The lowest BCUT2D eigenvalue weighted by atomic mass is 9.96. The number of aliphatic hydroxyl groups is 3. The van der Waals surface area contributed by atoms with Gasteiger partial charge in [-0.1, -0.05) is 0 Å². The van der Waals surface area contributed by atoms with Gasteiger partial charge in [0.05, 0.1) is 9.30 Å². The minimum atomic E-state index is -2.86. The predicted octanol–water partition coefficient (Wildman–Crippen LogP) is -1.76. The van der Waals surface area contributed by atoms with Crippen molar-refractivity contribution in [3.05, 3.63) is 28.9 Å². The Morgan fingerprint density at radius 1 is 1.76 bits per heavy atom. The molecule has 3 N–H and O–H groups in total. The van der Waals surface area contributed by atoms with Crippen LogP contribution in [0.4, 0.5) is 0 Å². The van der Waals surface area contributed by atoms with Gasteiger partial charge in [0.25, 0.3) is 0 Å². The van der Waals surface area contributed by atoms with Crippen LogP contribution in [0.3, 0.4) is 0 Å². The molecule has 0 radical (unpaired) electrons. The summed E-state index contributed by atoms with van der Waals surface area (Å²) in [7, 11) is 0. The van der Waals surface area contributed by atoms with E-state index in [4.69, 9.17) is 7.48 Å². The number of nitrogens with zero attached hydrogens (tertiary/aromatic N) is 2. The fourth-order valence-corrected chi connectivity index (χ4v) is 1.80. The SMILES string of the molecule is [2H]C([2H])(O)[C@H]1OC(n2cccnc2=O)[C@](C)(O)[C@@H]1O. The Morgan fingerprint density at radius 3 is 3.00 bits per heavy atom. The molecule has 0 amide bonds. The normalized spacial score (nSPS) is 39.9. The van der Waals surface area contributed by atoms with Crippen molar-refractivity contribution in [2.75, 3.05) is 6.56 Å². The Morgan fingerprint density at radius 2 is 2.47 bits per heavy atom. The molecule has 1 aromatic heterocycles. The Bertz CT molecular complexity index is 527. The van der Waals surface area contributed by atoms with E-state index in [1.165, 1.54) is 25.4 Å². The largest absolute Gasteiger partial charge is 0.394 e. The van der Waals surface area contributed by atoms with E-state index < -0.39 is 36.3 Å².